The van der Waals surface area contributed by atoms with E-state index < -0.39 is 0 Å². The lowest BCUT2D eigenvalue weighted by molar-refractivity contribution is 0.141. The first-order chi connectivity index (χ1) is 8.42. The SMILES string of the molecule is CCCCOCCNc1ncnc2sccc12. The van der Waals surface area contributed by atoms with Gasteiger partial charge in [-0.3, -0.25) is 0 Å². The Balaban J connectivity index is 1.80. The largest absolute Gasteiger partial charge is 0.380 e. The normalized spacial score (nSPS) is 10.9. The minimum absolute atomic E-state index is 0.718. The quantitative estimate of drug-likeness (QED) is 0.769. The summed E-state index contributed by atoms with van der Waals surface area (Å²) in [5, 5.41) is 6.40. The molecule has 0 aliphatic carbocycles. The van der Waals surface area contributed by atoms with E-state index >= 15 is 0 Å². The van der Waals surface area contributed by atoms with Crippen LogP contribution in [0.3, 0.4) is 0 Å². The highest BCUT2D eigenvalue weighted by Crippen LogP contribution is 2.23. The van der Waals surface area contributed by atoms with Crippen molar-refractivity contribution < 1.29 is 4.74 Å². The molecule has 0 amide bonds. The number of unbranched alkanes of at least 4 members (excludes halogenated alkanes) is 1. The monoisotopic (exact) mass is 251 g/mol. The van der Waals surface area contributed by atoms with Gasteiger partial charge in [-0.05, 0) is 17.9 Å². The van der Waals surface area contributed by atoms with E-state index in [4.69, 9.17) is 4.74 Å². The molecule has 0 radical (unpaired) electrons. The second-order valence-electron chi connectivity index (χ2n) is 3.75. The molecular formula is C12H17N3OS. The summed E-state index contributed by atoms with van der Waals surface area (Å²) >= 11 is 1.63. The minimum atomic E-state index is 0.718. The number of hydrogen-bond acceptors (Lipinski definition) is 5. The Hall–Kier alpha value is -1.20. The lowest BCUT2D eigenvalue weighted by atomic mass is 10.4. The number of fused-ring (bicyclic) bond motifs is 1. The third kappa shape index (κ3) is 3.38. The summed E-state index contributed by atoms with van der Waals surface area (Å²) in [6.07, 6.45) is 3.90. The average molecular weight is 251 g/mol. The Bertz CT molecular complexity index is 458. The van der Waals surface area contributed by atoms with Crippen molar-refractivity contribution in [3.63, 3.8) is 0 Å². The first-order valence-electron chi connectivity index (χ1n) is 5.91. The van der Waals surface area contributed by atoms with Crippen LogP contribution in [0.1, 0.15) is 19.8 Å². The molecule has 2 aromatic heterocycles. The molecule has 0 bridgehead atoms. The summed E-state index contributed by atoms with van der Waals surface area (Å²) in [5.41, 5.74) is 0. The van der Waals surface area contributed by atoms with Gasteiger partial charge in [-0.2, -0.15) is 0 Å². The van der Waals surface area contributed by atoms with Gasteiger partial charge in [0.2, 0.25) is 0 Å². The number of anilines is 1. The molecule has 5 heteroatoms. The van der Waals surface area contributed by atoms with Gasteiger partial charge in [0.05, 0.1) is 12.0 Å². The van der Waals surface area contributed by atoms with E-state index in [-0.39, 0.29) is 0 Å². The van der Waals surface area contributed by atoms with Gasteiger partial charge in [0.15, 0.2) is 0 Å². The zero-order valence-electron chi connectivity index (χ0n) is 9.98. The summed E-state index contributed by atoms with van der Waals surface area (Å²) in [6, 6.07) is 2.04. The van der Waals surface area contributed by atoms with Crippen molar-refractivity contribution in [3.05, 3.63) is 17.8 Å². The molecule has 4 nitrogen and oxygen atoms in total. The van der Waals surface area contributed by atoms with Gasteiger partial charge in [-0.15, -0.1) is 11.3 Å². The van der Waals surface area contributed by atoms with Crippen LogP contribution in [0.4, 0.5) is 5.82 Å². The Morgan fingerprint density at radius 1 is 1.35 bits per heavy atom. The molecule has 0 aliphatic heterocycles. The molecular weight excluding hydrogens is 234 g/mol. The van der Waals surface area contributed by atoms with E-state index in [1.165, 1.54) is 6.42 Å². The Morgan fingerprint density at radius 2 is 2.29 bits per heavy atom. The van der Waals surface area contributed by atoms with Crippen molar-refractivity contribution in [3.8, 4) is 0 Å². The van der Waals surface area contributed by atoms with E-state index in [1.54, 1.807) is 17.7 Å². The van der Waals surface area contributed by atoms with Crippen LogP contribution >= 0.6 is 11.3 Å². The van der Waals surface area contributed by atoms with E-state index in [1.807, 2.05) is 11.4 Å². The van der Waals surface area contributed by atoms with Gasteiger partial charge in [0.25, 0.3) is 0 Å². The summed E-state index contributed by atoms with van der Waals surface area (Å²) in [6.45, 7) is 4.51. The molecule has 2 heterocycles. The van der Waals surface area contributed by atoms with E-state index in [0.29, 0.717) is 0 Å². The molecule has 0 unspecified atom stereocenters. The van der Waals surface area contributed by atoms with Gasteiger partial charge in [-0.25, -0.2) is 9.97 Å². The van der Waals surface area contributed by atoms with E-state index in [2.05, 4.69) is 22.2 Å². The van der Waals surface area contributed by atoms with Crippen LogP contribution in [0.2, 0.25) is 0 Å². The van der Waals surface area contributed by atoms with Crippen LogP contribution < -0.4 is 5.32 Å². The molecule has 0 spiro atoms. The van der Waals surface area contributed by atoms with Crippen LogP contribution in [0.25, 0.3) is 10.2 Å². The summed E-state index contributed by atoms with van der Waals surface area (Å²) in [7, 11) is 0. The molecule has 92 valence electrons. The van der Waals surface area contributed by atoms with Crippen molar-refractivity contribution in [1.82, 2.24) is 9.97 Å². The highest BCUT2D eigenvalue weighted by atomic mass is 32.1. The van der Waals surface area contributed by atoms with Crippen molar-refractivity contribution in [1.29, 1.82) is 0 Å². The molecule has 17 heavy (non-hydrogen) atoms. The van der Waals surface area contributed by atoms with Crippen LogP contribution in [0, 0.1) is 0 Å². The van der Waals surface area contributed by atoms with Crippen LogP contribution in [-0.4, -0.2) is 29.7 Å². The molecule has 0 saturated carbocycles. The number of ether oxygens (including phenoxy) is 1. The predicted molar refractivity (Wildman–Crippen MR) is 71.6 cm³/mol. The fraction of sp³-hybridized carbons (Fsp3) is 0.500. The van der Waals surface area contributed by atoms with Crippen LogP contribution in [0.15, 0.2) is 17.8 Å². The number of aromatic nitrogens is 2. The van der Waals surface area contributed by atoms with Gasteiger partial charge in [-0.1, -0.05) is 13.3 Å². The predicted octanol–water partition coefficient (Wildman–Crippen LogP) is 2.92. The molecule has 0 saturated heterocycles. The smallest absolute Gasteiger partial charge is 0.138 e. The zero-order chi connectivity index (χ0) is 11.9. The second-order valence-corrected chi connectivity index (χ2v) is 4.65. The molecule has 2 aromatic rings. The van der Waals surface area contributed by atoms with Crippen molar-refractivity contribution in [2.24, 2.45) is 0 Å². The minimum Gasteiger partial charge on any atom is -0.380 e. The Morgan fingerprint density at radius 3 is 3.18 bits per heavy atom. The highest BCUT2D eigenvalue weighted by molar-refractivity contribution is 7.16. The van der Waals surface area contributed by atoms with Gasteiger partial charge < -0.3 is 10.1 Å². The van der Waals surface area contributed by atoms with Crippen molar-refractivity contribution in [2.75, 3.05) is 25.1 Å². The zero-order valence-corrected chi connectivity index (χ0v) is 10.8. The maximum Gasteiger partial charge on any atom is 0.138 e. The third-order valence-electron chi connectivity index (χ3n) is 2.44. The molecule has 1 N–H and O–H groups in total. The number of nitrogens with zero attached hydrogens (tertiary/aromatic N) is 2. The third-order valence-corrected chi connectivity index (χ3v) is 3.26. The lowest BCUT2D eigenvalue weighted by Crippen LogP contribution is -2.11. The molecule has 2 rings (SSSR count). The van der Waals surface area contributed by atoms with Gasteiger partial charge >= 0.3 is 0 Å². The van der Waals surface area contributed by atoms with Crippen LogP contribution in [0.5, 0.6) is 0 Å². The fourth-order valence-electron chi connectivity index (χ4n) is 1.52. The van der Waals surface area contributed by atoms with Crippen molar-refractivity contribution in [2.45, 2.75) is 19.8 Å². The topological polar surface area (TPSA) is 47.0 Å². The first kappa shape index (κ1) is 12.3. The van der Waals surface area contributed by atoms with Gasteiger partial charge in [0.1, 0.15) is 17.0 Å². The number of nitrogens with one attached hydrogen (secondary N) is 1. The summed E-state index contributed by atoms with van der Waals surface area (Å²) in [4.78, 5) is 9.47. The van der Waals surface area contributed by atoms with E-state index in [9.17, 15) is 0 Å². The standard InChI is InChI=1S/C12H17N3OS/c1-2-3-6-16-7-5-13-11-10-4-8-17-12(10)15-9-14-11/h4,8-9H,2-3,5-7H2,1H3,(H,13,14,15). The van der Waals surface area contributed by atoms with Crippen molar-refractivity contribution >= 4 is 27.4 Å². The molecule has 0 aromatic carbocycles. The van der Waals surface area contributed by atoms with Crippen LogP contribution in [-0.2, 0) is 4.74 Å². The average Bonchev–Trinajstić information content (AvgIpc) is 2.82. The summed E-state index contributed by atoms with van der Waals surface area (Å²) in [5.74, 6) is 0.898. The lowest BCUT2D eigenvalue weighted by Gasteiger charge is -2.06. The first-order valence-corrected chi connectivity index (χ1v) is 6.79. The fourth-order valence-corrected chi connectivity index (χ4v) is 2.25. The number of thiophene rings is 1. The number of hydrogen-bond donors (Lipinski definition) is 1. The highest BCUT2D eigenvalue weighted by Gasteiger charge is 2.03. The van der Waals surface area contributed by atoms with E-state index in [0.717, 1.165) is 42.2 Å². The maximum absolute atomic E-state index is 5.49. The van der Waals surface area contributed by atoms with Gasteiger partial charge in [0, 0.05) is 13.2 Å². The Kier molecular flexibility index (Phi) is 4.70. The molecule has 0 atom stereocenters. The molecule has 0 fully saturated rings. The maximum atomic E-state index is 5.49. The number of rotatable bonds is 7. The second kappa shape index (κ2) is 6.51. The molecule has 0 aliphatic rings. The Labute approximate surface area is 105 Å². The summed E-state index contributed by atoms with van der Waals surface area (Å²) < 4.78 is 5.49.